The van der Waals surface area contributed by atoms with Crippen LogP contribution in [0.2, 0.25) is 0 Å². The fraction of sp³-hybridized carbons (Fsp3) is 0.750. The highest BCUT2D eigenvalue weighted by Gasteiger charge is 2.44. The molecule has 0 aromatic carbocycles. The molecule has 0 bridgehead atoms. The number of rotatable bonds is 19. The molecule has 3 rings (SSSR count). The molecule has 4 N–H and O–H groups in total. The Kier molecular flexibility index (Phi) is 13.3. The third-order valence-electron chi connectivity index (χ3n) is 7.08. The van der Waals surface area contributed by atoms with E-state index in [0.717, 1.165) is 12.8 Å². The molecule has 9 nitrogen and oxygen atoms in total. The Hall–Kier alpha value is -2.07. The number of imidazole rings is 1. The first kappa shape index (κ1) is 29.5. The Balaban J connectivity index is 1.19. The number of hydrogen-bond acceptors (Lipinski definition) is 8. The molecule has 2 aromatic heterocycles. The fourth-order valence-electron chi connectivity index (χ4n) is 4.80. The fourth-order valence-corrected chi connectivity index (χ4v) is 4.80. The van der Waals surface area contributed by atoms with Crippen molar-refractivity contribution in [3.63, 3.8) is 0 Å². The molecule has 37 heavy (non-hydrogen) atoms. The molecule has 1 fully saturated rings. The smallest absolute Gasteiger partial charge is 0.167 e. The Bertz CT molecular complexity index is 921. The van der Waals surface area contributed by atoms with Crippen molar-refractivity contribution in [1.82, 2.24) is 19.5 Å². The van der Waals surface area contributed by atoms with E-state index in [1.807, 2.05) is 0 Å². The zero-order chi connectivity index (χ0) is 26.3. The molecule has 2 aromatic rings. The van der Waals surface area contributed by atoms with Crippen molar-refractivity contribution in [1.29, 1.82) is 0 Å². The first-order valence-corrected chi connectivity index (χ1v) is 14.3. The van der Waals surface area contributed by atoms with Crippen molar-refractivity contribution in [3.8, 4) is 0 Å². The van der Waals surface area contributed by atoms with Crippen LogP contribution in [0.4, 0.5) is 5.82 Å². The molecular weight excluding hydrogens is 470 g/mol. The van der Waals surface area contributed by atoms with Gasteiger partial charge in [-0.3, -0.25) is 4.57 Å². The Labute approximate surface area is 221 Å². The molecule has 208 valence electrons. The Morgan fingerprint density at radius 1 is 0.892 bits per heavy atom. The second-order valence-electron chi connectivity index (χ2n) is 10.1. The monoisotopic (exact) mass is 517 g/mol. The van der Waals surface area contributed by atoms with Crippen LogP contribution >= 0.6 is 0 Å². The van der Waals surface area contributed by atoms with Crippen molar-refractivity contribution in [3.05, 3.63) is 24.8 Å². The third-order valence-corrected chi connectivity index (χ3v) is 7.08. The SMILES string of the molecule is CCCCCCCCC=CCCCCCCCCOC[C@H]1O[C@@H](n2cnc3c(N)ncnc32)[C@H](O)[C@@H]1O. The van der Waals surface area contributed by atoms with Gasteiger partial charge in [-0.1, -0.05) is 76.9 Å². The van der Waals surface area contributed by atoms with Gasteiger partial charge in [-0.2, -0.15) is 0 Å². The van der Waals surface area contributed by atoms with Gasteiger partial charge in [0, 0.05) is 6.61 Å². The van der Waals surface area contributed by atoms with E-state index >= 15 is 0 Å². The van der Waals surface area contributed by atoms with Crippen molar-refractivity contribution < 1.29 is 19.7 Å². The maximum atomic E-state index is 10.5. The first-order chi connectivity index (χ1) is 18.1. The van der Waals surface area contributed by atoms with Crippen LogP contribution in [0, 0.1) is 0 Å². The van der Waals surface area contributed by atoms with Crippen molar-refractivity contribution >= 4 is 17.0 Å². The third kappa shape index (κ3) is 9.32. The molecule has 9 heteroatoms. The molecule has 4 atom stereocenters. The van der Waals surface area contributed by atoms with Gasteiger partial charge in [-0.25, -0.2) is 15.0 Å². The topological polar surface area (TPSA) is 129 Å². The highest BCUT2D eigenvalue weighted by atomic mass is 16.6. The second-order valence-corrected chi connectivity index (χ2v) is 10.1. The van der Waals surface area contributed by atoms with Crippen molar-refractivity contribution in [2.75, 3.05) is 18.9 Å². The van der Waals surface area contributed by atoms with E-state index in [2.05, 4.69) is 34.0 Å². The standard InChI is InChI=1S/C28H47N5O4/c1-2-3-4-5-6-7-8-9-10-11-12-13-14-15-16-17-18-36-19-22-24(34)25(35)28(37-22)33-21-32-23-26(29)30-20-31-27(23)33/h9-10,20-22,24-25,28,34-35H,2-8,11-19H2,1H3,(H2,29,30,31)/t22-,24-,25-,28-/m1/s1. The largest absolute Gasteiger partial charge is 0.387 e. The summed E-state index contributed by atoms with van der Waals surface area (Å²) in [6, 6.07) is 0. The van der Waals surface area contributed by atoms with Crippen LogP contribution in [0.3, 0.4) is 0 Å². The number of ether oxygens (including phenoxy) is 2. The molecule has 0 amide bonds. The van der Waals surface area contributed by atoms with Crippen LogP contribution < -0.4 is 5.73 Å². The molecule has 0 radical (unpaired) electrons. The minimum absolute atomic E-state index is 0.226. The summed E-state index contributed by atoms with van der Waals surface area (Å²) >= 11 is 0. The number of fused-ring (bicyclic) bond motifs is 1. The lowest BCUT2D eigenvalue weighted by Gasteiger charge is -2.16. The van der Waals surface area contributed by atoms with Crippen LogP contribution in [0.25, 0.3) is 11.2 Å². The van der Waals surface area contributed by atoms with E-state index in [-0.39, 0.29) is 12.4 Å². The highest BCUT2D eigenvalue weighted by molar-refractivity contribution is 5.81. The molecule has 0 aliphatic carbocycles. The Morgan fingerprint density at radius 2 is 1.54 bits per heavy atom. The number of hydrogen-bond donors (Lipinski definition) is 3. The maximum Gasteiger partial charge on any atom is 0.167 e. The lowest BCUT2D eigenvalue weighted by atomic mass is 10.1. The van der Waals surface area contributed by atoms with E-state index in [1.165, 1.54) is 89.7 Å². The molecule has 1 saturated heterocycles. The number of aliphatic hydroxyl groups excluding tert-OH is 2. The minimum atomic E-state index is -1.12. The zero-order valence-corrected chi connectivity index (χ0v) is 22.5. The molecule has 1 aliphatic rings. The summed E-state index contributed by atoms with van der Waals surface area (Å²) in [7, 11) is 0. The van der Waals surface area contributed by atoms with Gasteiger partial charge < -0.3 is 25.4 Å². The molecule has 0 unspecified atom stereocenters. The number of unbranched alkanes of at least 4 members (excludes halogenated alkanes) is 12. The van der Waals surface area contributed by atoms with E-state index in [1.54, 1.807) is 4.57 Å². The van der Waals surface area contributed by atoms with Crippen molar-refractivity contribution in [2.24, 2.45) is 0 Å². The summed E-state index contributed by atoms with van der Waals surface area (Å²) in [6.45, 7) is 3.11. The van der Waals surface area contributed by atoms with E-state index in [9.17, 15) is 10.2 Å². The summed E-state index contributed by atoms with van der Waals surface area (Å²) in [5.74, 6) is 0.257. The zero-order valence-electron chi connectivity index (χ0n) is 22.5. The highest BCUT2D eigenvalue weighted by Crippen LogP contribution is 2.32. The maximum absolute atomic E-state index is 10.5. The first-order valence-electron chi connectivity index (χ1n) is 14.3. The van der Waals surface area contributed by atoms with E-state index in [0.29, 0.717) is 17.8 Å². The van der Waals surface area contributed by atoms with Crippen LogP contribution in [0.5, 0.6) is 0 Å². The number of aliphatic hydroxyl groups is 2. The predicted molar refractivity (Wildman–Crippen MR) is 146 cm³/mol. The number of nitrogen functional groups attached to an aromatic ring is 1. The molecule has 0 saturated carbocycles. The van der Waals surface area contributed by atoms with Gasteiger partial charge in [-0.15, -0.1) is 0 Å². The predicted octanol–water partition coefficient (Wildman–Crippen LogP) is 5.08. The lowest BCUT2D eigenvalue weighted by molar-refractivity contribution is -0.0657. The van der Waals surface area contributed by atoms with Gasteiger partial charge in [-0.05, 0) is 32.1 Å². The number of nitrogens with zero attached hydrogens (tertiary/aromatic N) is 4. The van der Waals surface area contributed by atoms with Gasteiger partial charge >= 0.3 is 0 Å². The number of allylic oxidation sites excluding steroid dienone is 2. The van der Waals surface area contributed by atoms with Gasteiger partial charge in [0.2, 0.25) is 0 Å². The summed E-state index contributed by atoms with van der Waals surface area (Å²) in [5, 5.41) is 21.0. The number of anilines is 1. The lowest BCUT2D eigenvalue weighted by Crippen LogP contribution is -2.33. The van der Waals surface area contributed by atoms with Crippen LogP contribution in [0.15, 0.2) is 24.8 Å². The normalized spacial score (nSPS) is 22.0. The minimum Gasteiger partial charge on any atom is -0.387 e. The average Bonchev–Trinajstić information content (AvgIpc) is 3.45. The summed E-state index contributed by atoms with van der Waals surface area (Å²) < 4.78 is 13.2. The molecule has 1 aliphatic heterocycles. The summed E-state index contributed by atoms with van der Waals surface area (Å²) in [4.78, 5) is 12.3. The van der Waals surface area contributed by atoms with Crippen LogP contribution in [-0.4, -0.2) is 61.3 Å². The Morgan fingerprint density at radius 3 is 2.24 bits per heavy atom. The van der Waals surface area contributed by atoms with E-state index < -0.39 is 24.5 Å². The van der Waals surface area contributed by atoms with Crippen molar-refractivity contribution in [2.45, 2.75) is 121 Å². The summed E-state index contributed by atoms with van der Waals surface area (Å²) in [6.07, 6.45) is 21.7. The van der Waals surface area contributed by atoms with Crippen LogP contribution in [-0.2, 0) is 9.47 Å². The van der Waals surface area contributed by atoms with Gasteiger partial charge in [0.15, 0.2) is 17.7 Å². The number of aromatic nitrogens is 4. The molecular formula is C28H47N5O4. The van der Waals surface area contributed by atoms with Crippen LogP contribution in [0.1, 0.15) is 103 Å². The van der Waals surface area contributed by atoms with Gasteiger partial charge in [0.1, 0.15) is 30.2 Å². The van der Waals surface area contributed by atoms with Gasteiger partial charge in [0.05, 0.1) is 12.9 Å². The van der Waals surface area contributed by atoms with Gasteiger partial charge in [0.25, 0.3) is 0 Å². The summed E-state index contributed by atoms with van der Waals surface area (Å²) in [5.41, 5.74) is 6.73. The quantitative estimate of drug-likeness (QED) is 0.174. The molecule has 3 heterocycles. The molecule has 0 spiro atoms. The average molecular weight is 518 g/mol. The van der Waals surface area contributed by atoms with E-state index in [4.69, 9.17) is 15.2 Å². The number of nitrogens with two attached hydrogens (primary N) is 1. The second kappa shape index (κ2) is 16.7.